The molecule has 0 saturated heterocycles. The van der Waals surface area contributed by atoms with Gasteiger partial charge >= 0.3 is 6.18 Å². The average molecular weight is 415 g/mol. The van der Waals surface area contributed by atoms with E-state index < -0.39 is 11.7 Å². The molecule has 148 valence electrons. The highest BCUT2D eigenvalue weighted by molar-refractivity contribution is 7.10. The molecule has 0 saturated carbocycles. The summed E-state index contributed by atoms with van der Waals surface area (Å²) in [4.78, 5) is 8.87. The Morgan fingerprint density at radius 1 is 1.03 bits per heavy atom. The van der Waals surface area contributed by atoms with Gasteiger partial charge in [-0.3, -0.25) is 0 Å². The van der Waals surface area contributed by atoms with Crippen molar-refractivity contribution in [2.45, 2.75) is 26.4 Å². The zero-order valence-corrected chi connectivity index (χ0v) is 16.4. The highest BCUT2D eigenvalue weighted by Crippen LogP contribution is 2.32. The summed E-state index contributed by atoms with van der Waals surface area (Å²) in [7, 11) is 0. The number of rotatable bonds is 4. The number of aromatic nitrogens is 3. The van der Waals surface area contributed by atoms with Crippen LogP contribution in [0.3, 0.4) is 0 Å². The Labute approximate surface area is 169 Å². The first-order valence-corrected chi connectivity index (χ1v) is 9.70. The van der Waals surface area contributed by atoms with Crippen molar-refractivity contribution in [2.24, 2.45) is 0 Å². The third-order valence-corrected chi connectivity index (χ3v) is 5.28. The summed E-state index contributed by atoms with van der Waals surface area (Å²) in [6.45, 7) is 4.08. The molecule has 4 nitrogen and oxygen atoms in total. The Morgan fingerprint density at radius 3 is 2.62 bits per heavy atom. The summed E-state index contributed by atoms with van der Waals surface area (Å²) < 4.78 is 43.9. The van der Waals surface area contributed by atoms with Gasteiger partial charge in [-0.1, -0.05) is 41.1 Å². The SMILES string of the molecule is Cc1ccc(-c2csc(Cc3nc(-c4cccc(C(F)(F)F)c4)no3)n2)c(C)c1. The Bertz CT molecular complexity index is 1160. The normalized spacial score (nSPS) is 11.8. The molecule has 4 rings (SSSR count). The molecular weight excluding hydrogens is 399 g/mol. The molecule has 2 heterocycles. The van der Waals surface area contributed by atoms with Gasteiger partial charge in [0.25, 0.3) is 0 Å². The van der Waals surface area contributed by atoms with Crippen LogP contribution in [0.25, 0.3) is 22.6 Å². The fourth-order valence-electron chi connectivity index (χ4n) is 3.02. The molecule has 0 unspecified atom stereocenters. The second-order valence-corrected chi connectivity index (χ2v) is 7.65. The molecular formula is C21H16F3N3OS. The lowest BCUT2D eigenvalue weighted by atomic mass is 10.0. The Morgan fingerprint density at radius 2 is 1.86 bits per heavy atom. The third-order valence-electron chi connectivity index (χ3n) is 4.43. The minimum Gasteiger partial charge on any atom is -0.339 e. The molecule has 0 atom stereocenters. The summed E-state index contributed by atoms with van der Waals surface area (Å²) in [6.07, 6.45) is -4.10. The van der Waals surface area contributed by atoms with Gasteiger partial charge in [-0.2, -0.15) is 18.2 Å². The number of thiazole rings is 1. The lowest BCUT2D eigenvalue weighted by molar-refractivity contribution is -0.137. The van der Waals surface area contributed by atoms with Crippen molar-refractivity contribution in [3.63, 3.8) is 0 Å². The second kappa shape index (κ2) is 7.44. The van der Waals surface area contributed by atoms with Crippen LogP contribution in [0.1, 0.15) is 27.6 Å². The lowest BCUT2D eigenvalue weighted by Gasteiger charge is -2.06. The van der Waals surface area contributed by atoms with Crippen LogP contribution in [0.5, 0.6) is 0 Å². The van der Waals surface area contributed by atoms with E-state index in [2.05, 4.69) is 21.2 Å². The molecule has 8 heteroatoms. The molecule has 0 radical (unpaired) electrons. The topological polar surface area (TPSA) is 51.8 Å². The molecule has 0 aliphatic heterocycles. The maximum atomic E-state index is 12.9. The largest absolute Gasteiger partial charge is 0.416 e. The van der Waals surface area contributed by atoms with Crippen molar-refractivity contribution in [1.29, 1.82) is 0 Å². The van der Waals surface area contributed by atoms with Gasteiger partial charge in [0.05, 0.1) is 17.7 Å². The van der Waals surface area contributed by atoms with E-state index in [-0.39, 0.29) is 11.4 Å². The smallest absolute Gasteiger partial charge is 0.339 e. The number of hydrogen-bond donors (Lipinski definition) is 0. The number of alkyl halides is 3. The highest BCUT2D eigenvalue weighted by atomic mass is 32.1. The monoisotopic (exact) mass is 415 g/mol. The first-order valence-electron chi connectivity index (χ1n) is 8.82. The molecule has 0 bridgehead atoms. The predicted octanol–water partition coefficient (Wildman–Crippen LogP) is 6.09. The molecule has 0 amide bonds. The minimum atomic E-state index is -4.42. The fourth-order valence-corrected chi connectivity index (χ4v) is 3.81. The Kier molecular flexibility index (Phi) is 4.96. The van der Waals surface area contributed by atoms with Crippen molar-refractivity contribution in [1.82, 2.24) is 15.1 Å². The number of hydrogen-bond acceptors (Lipinski definition) is 5. The molecule has 29 heavy (non-hydrogen) atoms. The van der Waals surface area contributed by atoms with Crippen molar-refractivity contribution < 1.29 is 17.7 Å². The molecule has 0 N–H and O–H groups in total. The van der Waals surface area contributed by atoms with Crippen LogP contribution < -0.4 is 0 Å². The van der Waals surface area contributed by atoms with Crippen molar-refractivity contribution in [3.05, 3.63) is 75.4 Å². The molecule has 2 aromatic carbocycles. The van der Waals surface area contributed by atoms with E-state index in [1.807, 2.05) is 31.4 Å². The Hall–Kier alpha value is -3.00. The van der Waals surface area contributed by atoms with Crippen molar-refractivity contribution in [3.8, 4) is 22.6 Å². The summed E-state index contributed by atoms with van der Waals surface area (Å²) in [5, 5.41) is 6.58. The zero-order valence-electron chi connectivity index (χ0n) is 15.6. The van der Waals surface area contributed by atoms with Crippen LogP contribution in [-0.2, 0) is 12.6 Å². The summed E-state index contributed by atoms with van der Waals surface area (Å²) >= 11 is 1.48. The van der Waals surface area contributed by atoms with E-state index in [0.717, 1.165) is 34.0 Å². The molecule has 0 spiro atoms. The van der Waals surface area contributed by atoms with Crippen molar-refractivity contribution in [2.75, 3.05) is 0 Å². The van der Waals surface area contributed by atoms with Gasteiger partial charge in [0.1, 0.15) is 5.01 Å². The van der Waals surface area contributed by atoms with Crippen LogP contribution in [-0.4, -0.2) is 15.1 Å². The van der Waals surface area contributed by atoms with Gasteiger partial charge in [-0.25, -0.2) is 4.98 Å². The third kappa shape index (κ3) is 4.22. The minimum absolute atomic E-state index is 0.122. The first kappa shape index (κ1) is 19.3. The average Bonchev–Trinajstić information content (AvgIpc) is 3.31. The number of aryl methyl sites for hydroxylation is 2. The van der Waals surface area contributed by atoms with Crippen molar-refractivity contribution >= 4 is 11.3 Å². The number of benzene rings is 2. The number of halogens is 3. The van der Waals surface area contributed by atoms with E-state index in [0.29, 0.717) is 12.3 Å². The summed E-state index contributed by atoms with van der Waals surface area (Å²) in [6, 6.07) is 11.1. The van der Waals surface area contributed by atoms with Gasteiger partial charge in [-0.05, 0) is 31.5 Å². The molecule has 0 fully saturated rings. The maximum absolute atomic E-state index is 12.9. The van der Waals surface area contributed by atoms with Crippen LogP contribution in [0.15, 0.2) is 52.4 Å². The molecule has 4 aromatic rings. The predicted molar refractivity (Wildman–Crippen MR) is 105 cm³/mol. The Balaban J connectivity index is 1.54. The van der Waals surface area contributed by atoms with E-state index >= 15 is 0 Å². The van der Waals surface area contributed by atoms with E-state index in [4.69, 9.17) is 4.52 Å². The standard InChI is InChI=1S/C21H16F3N3OS/c1-12-6-7-16(13(2)8-12)17-11-29-19(25-17)10-18-26-20(27-28-18)14-4-3-5-15(9-14)21(22,23)24/h3-9,11H,10H2,1-2H3. The van der Waals surface area contributed by atoms with Gasteiger partial charge in [0.2, 0.25) is 11.7 Å². The molecule has 2 aromatic heterocycles. The fraction of sp³-hybridized carbons (Fsp3) is 0.190. The quantitative estimate of drug-likeness (QED) is 0.405. The highest BCUT2D eigenvalue weighted by Gasteiger charge is 2.30. The van der Waals surface area contributed by atoms with Gasteiger partial charge < -0.3 is 4.52 Å². The second-order valence-electron chi connectivity index (χ2n) is 6.71. The van der Waals surface area contributed by atoms with Crippen LogP contribution in [0.2, 0.25) is 0 Å². The van der Waals surface area contributed by atoms with Gasteiger partial charge in [-0.15, -0.1) is 11.3 Å². The van der Waals surface area contributed by atoms with Crippen LogP contribution in [0, 0.1) is 13.8 Å². The lowest BCUT2D eigenvalue weighted by Crippen LogP contribution is -2.04. The van der Waals surface area contributed by atoms with Gasteiger partial charge in [0.15, 0.2) is 0 Å². The van der Waals surface area contributed by atoms with Gasteiger partial charge in [0, 0.05) is 16.5 Å². The van der Waals surface area contributed by atoms with Crippen LogP contribution in [0.4, 0.5) is 13.2 Å². The van der Waals surface area contributed by atoms with Crippen LogP contribution >= 0.6 is 11.3 Å². The first-order chi connectivity index (χ1) is 13.8. The maximum Gasteiger partial charge on any atom is 0.416 e. The van der Waals surface area contributed by atoms with E-state index in [1.165, 1.54) is 29.0 Å². The molecule has 0 aliphatic carbocycles. The summed E-state index contributed by atoms with van der Waals surface area (Å²) in [5.41, 5.74) is 3.78. The summed E-state index contributed by atoms with van der Waals surface area (Å²) in [5.74, 6) is 0.427. The zero-order chi connectivity index (χ0) is 20.6. The van der Waals surface area contributed by atoms with E-state index in [1.54, 1.807) is 0 Å². The number of nitrogens with zero attached hydrogens (tertiary/aromatic N) is 3. The van der Waals surface area contributed by atoms with E-state index in [9.17, 15) is 13.2 Å². The molecule has 0 aliphatic rings.